The number of esters is 1. The summed E-state index contributed by atoms with van der Waals surface area (Å²) in [6.45, 7) is 0. The highest BCUT2D eigenvalue weighted by Crippen LogP contribution is 2.14. The van der Waals surface area contributed by atoms with Gasteiger partial charge in [0, 0.05) is 12.4 Å². The van der Waals surface area contributed by atoms with Gasteiger partial charge in [-0.05, 0) is 0 Å². The Bertz CT molecular complexity index is 272. The minimum absolute atomic E-state index is 0.245. The van der Waals surface area contributed by atoms with Crippen LogP contribution in [0, 0.1) is 0 Å². The molecule has 0 aliphatic carbocycles. The first-order valence-electron chi connectivity index (χ1n) is 3.45. The minimum atomic E-state index is -0.261. The largest absolute Gasteiger partial charge is 0.469 e. The van der Waals surface area contributed by atoms with Crippen molar-refractivity contribution in [2.75, 3.05) is 19.5 Å². The smallest absolute Gasteiger partial charge is 0.311 e. The van der Waals surface area contributed by atoms with Crippen LogP contribution in [0.25, 0.3) is 0 Å². The van der Waals surface area contributed by atoms with Crippen LogP contribution in [0.3, 0.4) is 0 Å². The molecular formula is C7H10N2O2S. The van der Waals surface area contributed by atoms with E-state index in [1.165, 1.54) is 18.4 Å². The lowest BCUT2D eigenvalue weighted by molar-refractivity contribution is -0.139. The summed E-state index contributed by atoms with van der Waals surface area (Å²) in [6, 6.07) is 0. The molecule has 0 amide bonds. The number of ether oxygens (including phenoxy) is 1. The van der Waals surface area contributed by atoms with Crippen LogP contribution in [0.1, 0.15) is 5.69 Å². The maximum atomic E-state index is 10.8. The zero-order chi connectivity index (χ0) is 8.97. The molecule has 66 valence electrons. The second-order valence-electron chi connectivity index (χ2n) is 2.15. The molecular weight excluding hydrogens is 176 g/mol. The van der Waals surface area contributed by atoms with Gasteiger partial charge >= 0.3 is 5.97 Å². The SMILES string of the molecule is CNc1nc(CC(=O)OC)cs1. The van der Waals surface area contributed by atoms with E-state index in [1.807, 2.05) is 5.38 Å². The quantitative estimate of drug-likeness (QED) is 0.712. The lowest BCUT2D eigenvalue weighted by Gasteiger charge is -1.93. The summed E-state index contributed by atoms with van der Waals surface area (Å²) in [4.78, 5) is 14.9. The molecule has 5 heteroatoms. The van der Waals surface area contributed by atoms with Crippen LogP contribution < -0.4 is 5.32 Å². The van der Waals surface area contributed by atoms with Crippen molar-refractivity contribution in [3.05, 3.63) is 11.1 Å². The average molecular weight is 186 g/mol. The summed E-state index contributed by atoms with van der Waals surface area (Å²) in [5, 5.41) is 5.54. The fourth-order valence-corrected chi connectivity index (χ4v) is 1.39. The Morgan fingerprint density at radius 3 is 3.08 bits per heavy atom. The lowest BCUT2D eigenvalue weighted by atomic mass is 10.3. The molecule has 1 N–H and O–H groups in total. The highest BCUT2D eigenvalue weighted by Gasteiger charge is 2.05. The third-order valence-electron chi connectivity index (χ3n) is 1.32. The number of thiazole rings is 1. The normalized spacial score (nSPS) is 9.50. The van der Waals surface area contributed by atoms with Crippen molar-refractivity contribution >= 4 is 22.4 Å². The third-order valence-corrected chi connectivity index (χ3v) is 2.23. The molecule has 0 bridgehead atoms. The van der Waals surface area contributed by atoms with Crippen molar-refractivity contribution in [1.29, 1.82) is 0 Å². The Kier molecular flexibility index (Phi) is 3.04. The first-order valence-corrected chi connectivity index (χ1v) is 4.33. The molecule has 0 radical (unpaired) electrons. The topological polar surface area (TPSA) is 51.2 Å². The Hall–Kier alpha value is -1.10. The molecule has 1 aromatic rings. The Balaban J connectivity index is 2.58. The van der Waals surface area contributed by atoms with E-state index in [9.17, 15) is 4.79 Å². The Morgan fingerprint density at radius 1 is 1.83 bits per heavy atom. The van der Waals surface area contributed by atoms with Gasteiger partial charge in [0.2, 0.25) is 0 Å². The van der Waals surface area contributed by atoms with Crippen LogP contribution in [-0.4, -0.2) is 25.1 Å². The molecule has 4 nitrogen and oxygen atoms in total. The molecule has 0 aromatic carbocycles. The summed E-state index contributed by atoms with van der Waals surface area (Å²) in [6.07, 6.45) is 0.245. The van der Waals surface area contributed by atoms with Crippen LogP contribution in [0.5, 0.6) is 0 Å². The number of carbonyl (C=O) groups excluding carboxylic acids is 1. The predicted octanol–water partition coefficient (Wildman–Crippen LogP) is 0.900. The molecule has 0 unspecified atom stereocenters. The van der Waals surface area contributed by atoms with Crippen molar-refractivity contribution in [1.82, 2.24) is 4.98 Å². The number of hydrogen-bond donors (Lipinski definition) is 1. The second-order valence-corrected chi connectivity index (χ2v) is 3.01. The monoisotopic (exact) mass is 186 g/mol. The van der Waals surface area contributed by atoms with Gasteiger partial charge < -0.3 is 10.1 Å². The van der Waals surface area contributed by atoms with Gasteiger partial charge in [-0.2, -0.15) is 0 Å². The van der Waals surface area contributed by atoms with Crippen LogP contribution in [0.2, 0.25) is 0 Å². The number of rotatable bonds is 3. The lowest BCUT2D eigenvalue weighted by Crippen LogP contribution is -2.04. The van der Waals surface area contributed by atoms with E-state index in [0.717, 1.165) is 10.8 Å². The van der Waals surface area contributed by atoms with Gasteiger partial charge in [-0.3, -0.25) is 4.79 Å². The van der Waals surface area contributed by atoms with Crippen molar-refractivity contribution < 1.29 is 9.53 Å². The second kappa shape index (κ2) is 4.06. The van der Waals surface area contributed by atoms with Crippen LogP contribution >= 0.6 is 11.3 Å². The molecule has 0 saturated carbocycles. The van der Waals surface area contributed by atoms with Crippen molar-refractivity contribution in [2.45, 2.75) is 6.42 Å². The first-order chi connectivity index (χ1) is 5.76. The fraction of sp³-hybridized carbons (Fsp3) is 0.429. The van der Waals surface area contributed by atoms with Crippen LogP contribution in [0.15, 0.2) is 5.38 Å². The highest BCUT2D eigenvalue weighted by molar-refractivity contribution is 7.13. The maximum Gasteiger partial charge on any atom is 0.311 e. The van der Waals surface area contributed by atoms with Crippen LogP contribution in [-0.2, 0) is 16.0 Å². The summed E-state index contributed by atoms with van der Waals surface area (Å²) in [5.74, 6) is -0.261. The van der Waals surface area contributed by atoms with Crippen LogP contribution in [0.4, 0.5) is 5.13 Å². The molecule has 1 heterocycles. The summed E-state index contributed by atoms with van der Waals surface area (Å²) in [5.41, 5.74) is 0.746. The van der Waals surface area contributed by atoms with Gasteiger partial charge in [-0.15, -0.1) is 11.3 Å². The number of methoxy groups -OCH3 is 1. The van der Waals surface area contributed by atoms with Gasteiger partial charge in [0.05, 0.1) is 19.2 Å². The molecule has 0 fully saturated rings. The fourth-order valence-electron chi connectivity index (χ4n) is 0.723. The highest BCUT2D eigenvalue weighted by atomic mass is 32.1. The zero-order valence-corrected chi connectivity index (χ0v) is 7.77. The summed E-state index contributed by atoms with van der Waals surface area (Å²) in [7, 11) is 3.16. The van der Waals surface area contributed by atoms with E-state index in [4.69, 9.17) is 0 Å². The standard InChI is InChI=1S/C7H10N2O2S/c1-8-7-9-5(4-12-7)3-6(10)11-2/h4H,3H2,1-2H3,(H,8,9). The molecule has 12 heavy (non-hydrogen) atoms. The van der Waals surface area contributed by atoms with Crippen molar-refractivity contribution in [3.63, 3.8) is 0 Å². The molecule has 0 spiro atoms. The molecule has 0 aliphatic rings. The number of hydrogen-bond acceptors (Lipinski definition) is 5. The van der Waals surface area contributed by atoms with Gasteiger partial charge in [0.1, 0.15) is 0 Å². The third kappa shape index (κ3) is 2.20. The van der Waals surface area contributed by atoms with E-state index in [0.29, 0.717) is 0 Å². The van der Waals surface area contributed by atoms with E-state index in [2.05, 4.69) is 15.0 Å². The number of carbonyl (C=O) groups is 1. The average Bonchev–Trinajstić information content (AvgIpc) is 2.52. The number of nitrogens with zero attached hydrogens (tertiary/aromatic N) is 1. The number of aromatic nitrogens is 1. The van der Waals surface area contributed by atoms with E-state index < -0.39 is 0 Å². The summed E-state index contributed by atoms with van der Waals surface area (Å²) < 4.78 is 4.50. The Morgan fingerprint density at radius 2 is 2.58 bits per heavy atom. The molecule has 1 rings (SSSR count). The number of anilines is 1. The molecule has 0 aliphatic heterocycles. The Labute approximate surface area is 74.6 Å². The van der Waals surface area contributed by atoms with Crippen molar-refractivity contribution in [3.8, 4) is 0 Å². The van der Waals surface area contributed by atoms with E-state index in [-0.39, 0.29) is 12.4 Å². The van der Waals surface area contributed by atoms with E-state index >= 15 is 0 Å². The van der Waals surface area contributed by atoms with E-state index in [1.54, 1.807) is 7.05 Å². The predicted molar refractivity (Wildman–Crippen MR) is 47.4 cm³/mol. The van der Waals surface area contributed by atoms with Gasteiger partial charge in [0.15, 0.2) is 5.13 Å². The summed E-state index contributed by atoms with van der Waals surface area (Å²) >= 11 is 1.47. The number of nitrogens with one attached hydrogen (secondary N) is 1. The zero-order valence-electron chi connectivity index (χ0n) is 6.96. The first kappa shape index (κ1) is 8.99. The van der Waals surface area contributed by atoms with Gasteiger partial charge in [0.25, 0.3) is 0 Å². The van der Waals surface area contributed by atoms with Crippen molar-refractivity contribution in [2.24, 2.45) is 0 Å². The molecule has 0 atom stereocenters. The maximum absolute atomic E-state index is 10.8. The van der Waals surface area contributed by atoms with Gasteiger partial charge in [-0.25, -0.2) is 4.98 Å². The molecule has 0 saturated heterocycles. The molecule has 1 aromatic heterocycles. The minimum Gasteiger partial charge on any atom is -0.469 e. The van der Waals surface area contributed by atoms with Gasteiger partial charge in [-0.1, -0.05) is 0 Å².